The minimum Gasteiger partial charge on any atom is -0.479 e. The molecule has 1 saturated heterocycles. The highest BCUT2D eigenvalue weighted by Crippen LogP contribution is 2.23. The fourth-order valence-electron chi connectivity index (χ4n) is 2.05. The van der Waals surface area contributed by atoms with Crippen molar-refractivity contribution < 1.29 is 59.9 Å². The molecule has 9 atom stereocenters. The van der Waals surface area contributed by atoms with Gasteiger partial charge in [-0.05, 0) is 0 Å². The van der Waals surface area contributed by atoms with Gasteiger partial charge in [0, 0.05) is 0 Å². The number of aldehydes is 1. The van der Waals surface area contributed by atoms with Crippen LogP contribution in [0.5, 0.6) is 0 Å². The topological polar surface area (TPSA) is 214 Å². The van der Waals surface area contributed by atoms with Gasteiger partial charge in [0.25, 0.3) is 0 Å². The Morgan fingerprint density at radius 3 is 2.12 bits per heavy atom. The molecular weight excluding hydrogens is 336 g/mol. The van der Waals surface area contributed by atoms with Gasteiger partial charge in [-0.3, -0.25) is 0 Å². The molecule has 0 spiro atoms. The lowest BCUT2D eigenvalue weighted by molar-refractivity contribution is -0.315. The van der Waals surface area contributed by atoms with Crippen LogP contribution in [0.25, 0.3) is 0 Å². The SMILES string of the molecule is O=C[C@H](O[C@H]1O[C@H](CO)[C@@H](O)[C@H](O)[C@H]1O)[C@@H](O)[C@H](O)[C@H](O)C(=O)O. The van der Waals surface area contributed by atoms with E-state index in [9.17, 15) is 35.1 Å². The Morgan fingerprint density at radius 2 is 1.67 bits per heavy atom. The molecule has 12 nitrogen and oxygen atoms in total. The molecule has 0 bridgehead atoms. The van der Waals surface area contributed by atoms with Crippen LogP contribution in [0.2, 0.25) is 0 Å². The lowest BCUT2D eigenvalue weighted by atomic mass is 9.99. The van der Waals surface area contributed by atoms with E-state index in [1.807, 2.05) is 0 Å². The molecule has 24 heavy (non-hydrogen) atoms. The molecule has 0 radical (unpaired) electrons. The van der Waals surface area contributed by atoms with Crippen molar-refractivity contribution in [3.8, 4) is 0 Å². The minimum atomic E-state index is -2.42. The summed E-state index contributed by atoms with van der Waals surface area (Å²) < 4.78 is 9.82. The highest BCUT2D eigenvalue weighted by molar-refractivity contribution is 5.73. The number of hydrogen-bond donors (Lipinski definition) is 8. The first kappa shape index (κ1) is 20.8. The monoisotopic (exact) mass is 356 g/mol. The molecule has 0 saturated carbocycles. The minimum absolute atomic E-state index is 0.0517. The van der Waals surface area contributed by atoms with Gasteiger partial charge in [-0.2, -0.15) is 0 Å². The van der Waals surface area contributed by atoms with E-state index in [0.29, 0.717) is 0 Å². The van der Waals surface area contributed by atoms with E-state index < -0.39 is 67.7 Å². The van der Waals surface area contributed by atoms with Crippen LogP contribution in [-0.2, 0) is 19.1 Å². The summed E-state index contributed by atoms with van der Waals surface area (Å²) in [5.74, 6) is -1.86. The maximum atomic E-state index is 11.0. The molecule has 1 aliphatic heterocycles. The average Bonchev–Trinajstić information content (AvgIpc) is 2.57. The average molecular weight is 356 g/mol. The van der Waals surface area contributed by atoms with E-state index >= 15 is 0 Å². The first-order chi connectivity index (χ1) is 11.1. The van der Waals surface area contributed by atoms with Crippen LogP contribution in [0, 0.1) is 0 Å². The Morgan fingerprint density at radius 1 is 1.08 bits per heavy atom. The highest BCUT2D eigenvalue weighted by Gasteiger charge is 2.46. The molecule has 0 aromatic heterocycles. The van der Waals surface area contributed by atoms with Crippen LogP contribution in [0.1, 0.15) is 0 Å². The van der Waals surface area contributed by atoms with Crippen molar-refractivity contribution >= 4 is 12.3 Å². The lowest BCUT2D eigenvalue weighted by Gasteiger charge is -2.41. The second-order valence-corrected chi connectivity index (χ2v) is 5.20. The summed E-state index contributed by atoms with van der Waals surface area (Å²) in [6.45, 7) is -0.764. The molecule has 1 heterocycles. The largest absolute Gasteiger partial charge is 0.479 e. The normalized spacial score (nSPS) is 35.7. The first-order valence-corrected chi connectivity index (χ1v) is 6.84. The van der Waals surface area contributed by atoms with Crippen LogP contribution in [0.15, 0.2) is 0 Å². The molecule has 0 unspecified atom stereocenters. The third-order valence-electron chi connectivity index (χ3n) is 3.54. The van der Waals surface area contributed by atoms with E-state index in [-0.39, 0.29) is 6.29 Å². The lowest BCUT2D eigenvalue weighted by Crippen LogP contribution is -2.61. The number of aliphatic hydroxyl groups excluding tert-OH is 7. The zero-order valence-corrected chi connectivity index (χ0v) is 12.2. The maximum Gasteiger partial charge on any atom is 0.335 e. The first-order valence-electron chi connectivity index (χ1n) is 6.84. The van der Waals surface area contributed by atoms with Crippen LogP contribution in [-0.4, -0.2) is 115 Å². The van der Waals surface area contributed by atoms with E-state index in [0.717, 1.165) is 0 Å². The quantitative estimate of drug-likeness (QED) is 0.191. The molecule has 8 N–H and O–H groups in total. The zero-order chi connectivity index (χ0) is 18.6. The molecule has 0 aromatic rings. The predicted octanol–water partition coefficient (Wildman–Crippen LogP) is -5.46. The highest BCUT2D eigenvalue weighted by atomic mass is 16.7. The Kier molecular flexibility index (Phi) is 7.59. The van der Waals surface area contributed by atoms with E-state index in [1.165, 1.54) is 0 Å². The zero-order valence-electron chi connectivity index (χ0n) is 12.2. The van der Waals surface area contributed by atoms with Crippen LogP contribution in [0.3, 0.4) is 0 Å². The number of carboxylic acids is 1. The summed E-state index contributed by atoms with van der Waals surface area (Å²) in [6, 6.07) is 0. The standard InChI is InChI=1S/C12H20O12/c13-1-3(5(15)7(17)9(19)11(21)22)23-12-10(20)8(18)6(16)4(2-14)24-12/h1,3-10,12,14-20H,2H2,(H,21,22)/t3-,4+,5+,6+,7-,8-,9-,10+,12-/m0/s1. The molecule has 1 aliphatic rings. The number of aliphatic carboxylic acids is 1. The smallest absolute Gasteiger partial charge is 0.335 e. The predicted molar refractivity (Wildman–Crippen MR) is 70.4 cm³/mol. The number of aliphatic hydroxyl groups is 7. The molecule has 0 amide bonds. The van der Waals surface area contributed by atoms with Crippen molar-refractivity contribution in [1.82, 2.24) is 0 Å². The summed E-state index contributed by atoms with van der Waals surface area (Å²) >= 11 is 0. The summed E-state index contributed by atoms with van der Waals surface area (Å²) in [5.41, 5.74) is 0. The Labute approximate surface area is 135 Å². The second-order valence-electron chi connectivity index (χ2n) is 5.20. The van der Waals surface area contributed by atoms with Crippen molar-refractivity contribution in [2.75, 3.05) is 6.61 Å². The fraction of sp³-hybridized carbons (Fsp3) is 0.833. The van der Waals surface area contributed by atoms with E-state index in [1.54, 1.807) is 0 Å². The molecule has 0 aromatic carbocycles. The molecule has 1 rings (SSSR count). The van der Waals surface area contributed by atoms with Crippen molar-refractivity contribution in [3.63, 3.8) is 0 Å². The Balaban J connectivity index is 2.83. The van der Waals surface area contributed by atoms with Crippen molar-refractivity contribution in [1.29, 1.82) is 0 Å². The third kappa shape index (κ3) is 4.44. The van der Waals surface area contributed by atoms with Gasteiger partial charge in [-0.15, -0.1) is 0 Å². The van der Waals surface area contributed by atoms with Crippen molar-refractivity contribution in [2.45, 2.75) is 55.1 Å². The Bertz CT molecular complexity index is 428. The summed E-state index contributed by atoms with van der Waals surface area (Å²) in [6.07, 6.45) is -17.4. The molecule has 1 fully saturated rings. The molecule has 0 aliphatic carbocycles. The van der Waals surface area contributed by atoms with Gasteiger partial charge in [0.1, 0.15) is 42.7 Å². The van der Waals surface area contributed by atoms with Gasteiger partial charge >= 0.3 is 5.97 Å². The number of carboxylic acid groups (broad SMARTS) is 1. The molecular formula is C12H20O12. The number of rotatable bonds is 8. The molecule has 140 valence electrons. The van der Waals surface area contributed by atoms with Gasteiger partial charge in [-0.25, -0.2) is 4.79 Å². The summed E-state index contributed by atoms with van der Waals surface area (Å²) in [4.78, 5) is 21.6. The third-order valence-corrected chi connectivity index (χ3v) is 3.54. The van der Waals surface area contributed by atoms with Gasteiger partial charge in [-0.1, -0.05) is 0 Å². The number of ether oxygens (including phenoxy) is 2. The van der Waals surface area contributed by atoms with E-state index in [2.05, 4.69) is 0 Å². The van der Waals surface area contributed by atoms with Crippen molar-refractivity contribution in [3.05, 3.63) is 0 Å². The van der Waals surface area contributed by atoms with Gasteiger partial charge in [0.15, 0.2) is 18.7 Å². The number of carbonyl (C=O) groups is 2. The number of carbonyl (C=O) groups excluding carboxylic acids is 1. The maximum absolute atomic E-state index is 11.0. The van der Waals surface area contributed by atoms with Gasteiger partial charge in [0.05, 0.1) is 6.61 Å². The van der Waals surface area contributed by atoms with E-state index in [4.69, 9.17) is 24.8 Å². The van der Waals surface area contributed by atoms with Gasteiger partial charge in [0.2, 0.25) is 0 Å². The van der Waals surface area contributed by atoms with Crippen LogP contribution >= 0.6 is 0 Å². The summed E-state index contributed by atoms with van der Waals surface area (Å²) in [7, 11) is 0. The summed E-state index contributed by atoms with van der Waals surface area (Å²) in [5, 5.41) is 74.8. The Hall–Kier alpha value is -1.22. The molecule has 12 heteroatoms. The van der Waals surface area contributed by atoms with Crippen molar-refractivity contribution in [2.24, 2.45) is 0 Å². The van der Waals surface area contributed by atoms with Crippen LogP contribution < -0.4 is 0 Å². The fourth-order valence-corrected chi connectivity index (χ4v) is 2.05. The van der Waals surface area contributed by atoms with Crippen LogP contribution in [0.4, 0.5) is 0 Å². The van der Waals surface area contributed by atoms with Gasteiger partial charge < -0.3 is 55.1 Å². The second kappa shape index (κ2) is 8.75. The number of hydrogen-bond acceptors (Lipinski definition) is 11.